The van der Waals surface area contributed by atoms with Crippen LogP contribution in [0.3, 0.4) is 0 Å². The van der Waals surface area contributed by atoms with E-state index >= 15 is 0 Å². The van der Waals surface area contributed by atoms with Crippen LogP contribution in [0.15, 0.2) is 34.8 Å². The molecule has 0 saturated heterocycles. The van der Waals surface area contributed by atoms with E-state index in [-0.39, 0.29) is 0 Å². The summed E-state index contributed by atoms with van der Waals surface area (Å²) >= 11 is 5.17. The molecule has 0 atom stereocenters. The van der Waals surface area contributed by atoms with Gasteiger partial charge in [-0.1, -0.05) is 34.1 Å². The van der Waals surface area contributed by atoms with Gasteiger partial charge in [0.15, 0.2) is 0 Å². The van der Waals surface area contributed by atoms with Crippen LogP contribution in [0.25, 0.3) is 10.2 Å². The summed E-state index contributed by atoms with van der Waals surface area (Å²) in [5.41, 5.74) is 6.94. The van der Waals surface area contributed by atoms with Crippen molar-refractivity contribution in [3.63, 3.8) is 0 Å². The molecular weight excluding hydrogens is 336 g/mol. The van der Waals surface area contributed by atoms with Crippen LogP contribution in [-0.4, -0.2) is 9.97 Å². The minimum absolute atomic E-state index is 0.300. The number of rotatable bonds is 3. The van der Waals surface area contributed by atoms with Gasteiger partial charge in [0.1, 0.15) is 10.6 Å². The summed E-state index contributed by atoms with van der Waals surface area (Å²) in [5.74, 6) is 1.08. The molecule has 2 aromatic heterocycles. The molecule has 0 amide bonds. The average Bonchev–Trinajstić information content (AvgIpc) is 2.77. The smallest absolute Gasteiger partial charge is 0.223 e. The second-order valence-corrected chi connectivity index (χ2v) is 6.54. The lowest BCUT2D eigenvalue weighted by molar-refractivity contribution is 1.10. The van der Waals surface area contributed by atoms with Gasteiger partial charge in [0, 0.05) is 15.9 Å². The van der Waals surface area contributed by atoms with Gasteiger partial charge < -0.3 is 11.1 Å². The summed E-state index contributed by atoms with van der Waals surface area (Å²) in [6.07, 6.45) is 0. The summed E-state index contributed by atoms with van der Waals surface area (Å²) < 4.78 is 1.08. The van der Waals surface area contributed by atoms with Crippen molar-refractivity contribution in [1.82, 2.24) is 9.97 Å². The molecule has 102 valence electrons. The molecule has 3 aromatic rings. The van der Waals surface area contributed by atoms with Crippen LogP contribution in [0, 0.1) is 6.92 Å². The first-order valence-corrected chi connectivity index (χ1v) is 7.75. The molecule has 0 aliphatic rings. The number of anilines is 2. The lowest BCUT2D eigenvalue weighted by Crippen LogP contribution is -2.05. The number of nitrogen functional groups attached to an aromatic ring is 1. The van der Waals surface area contributed by atoms with Crippen LogP contribution in [0.4, 0.5) is 11.8 Å². The molecule has 6 heteroatoms. The maximum atomic E-state index is 5.77. The molecule has 20 heavy (non-hydrogen) atoms. The van der Waals surface area contributed by atoms with E-state index in [0.29, 0.717) is 12.5 Å². The highest BCUT2D eigenvalue weighted by molar-refractivity contribution is 9.10. The standard InChI is InChI=1S/C14H13BrN4S/c1-8-6-10-12(18-14(16)19-13(10)20-8)17-7-9-4-2-3-5-11(9)15/h2-6H,7H2,1H3,(H3,16,17,18,19). The number of aryl methyl sites for hydroxylation is 1. The maximum Gasteiger partial charge on any atom is 0.223 e. The van der Waals surface area contributed by atoms with Crippen molar-refractivity contribution in [2.24, 2.45) is 0 Å². The zero-order valence-corrected chi connectivity index (χ0v) is 13.3. The van der Waals surface area contributed by atoms with E-state index in [1.165, 1.54) is 10.4 Å². The highest BCUT2D eigenvalue weighted by Gasteiger charge is 2.09. The third-order valence-corrected chi connectivity index (χ3v) is 4.66. The fraction of sp³-hybridized carbons (Fsp3) is 0.143. The average molecular weight is 349 g/mol. The molecule has 0 unspecified atom stereocenters. The lowest BCUT2D eigenvalue weighted by atomic mass is 10.2. The van der Waals surface area contributed by atoms with E-state index in [4.69, 9.17) is 5.73 Å². The molecule has 0 saturated carbocycles. The third-order valence-electron chi connectivity index (χ3n) is 2.94. The Morgan fingerprint density at radius 2 is 2.10 bits per heavy atom. The number of nitrogens with two attached hydrogens (primary N) is 1. The van der Waals surface area contributed by atoms with E-state index in [0.717, 1.165) is 20.5 Å². The van der Waals surface area contributed by atoms with Gasteiger partial charge in [0.05, 0.1) is 5.39 Å². The van der Waals surface area contributed by atoms with E-state index < -0.39 is 0 Å². The second kappa shape index (κ2) is 5.38. The number of halogens is 1. The van der Waals surface area contributed by atoms with Gasteiger partial charge in [-0.3, -0.25) is 0 Å². The molecule has 3 rings (SSSR count). The Morgan fingerprint density at radius 3 is 2.90 bits per heavy atom. The zero-order valence-electron chi connectivity index (χ0n) is 10.9. The van der Waals surface area contributed by atoms with Crippen LogP contribution in [0.2, 0.25) is 0 Å². The lowest BCUT2D eigenvalue weighted by Gasteiger charge is -2.08. The van der Waals surface area contributed by atoms with Gasteiger partial charge >= 0.3 is 0 Å². The molecule has 2 heterocycles. The van der Waals surface area contributed by atoms with Crippen LogP contribution < -0.4 is 11.1 Å². The number of hydrogen-bond acceptors (Lipinski definition) is 5. The number of hydrogen-bond donors (Lipinski definition) is 2. The minimum Gasteiger partial charge on any atom is -0.368 e. The largest absolute Gasteiger partial charge is 0.368 e. The number of thiophene rings is 1. The van der Waals surface area contributed by atoms with E-state index in [2.05, 4.69) is 50.3 Å². The van der Waals surface area contributed by atoms with Crippen LogP contribution in [0.1, 0.15) is 10.4 Å². The number of fused-ring (bicyclic) bond motifs is 1. The van der Waals surface area contributed by atoms with Crippen LogP contribution >= 0.6 is 27.3 Å². The van der Waals surface area contributed by atoms with E-state index in [1.54, 1.807) is 11.3 Å². The van der Waals surface area contributed by atoms with Gasteiger partial charge in [-0.05, 0) is 24.6 Å². The van der Waals surface area contributed by atoms with Gasteiger partial charge in [0.2, 0.25) is 5.95 Å². The minimum atomic E-state index is 0.300. The predicted octanol–water partition coefficient (Wildman–Crippen LogP) is 3.96. The fourth-order valence-electron chi connectivity index (χ4n) is 2.01. The highest BCUT2D eigenvalue weighted by Crippen LogP contribution is 2.29. The number of nitrogens with one attached hydrogen (secondary N) is 1. The van der Waals surface area contributed by atoms with Gasteiger partial charge in [-0.25, -0.2) is 4.98 Å². The van der Waals surface area contributed by atoms with Crippen molar-refractivity contribution in [2.75, 3.05) is 11.1 Å². The van der Waals surface area contributed by atoms with Gasteiger partial charge in [-0.2, -0.15) is 4.98 Å². The predicted molar refractivity (Wildman–Crippen MR) is 88.0 cm³/mol. The monoisotopic (exact) mass is 348 g/mol. The van der Waals surface area contributed by atoms with Crippen LogP contribution in [-0.2, 0) is 6.54 Å². The zero-order chi connectivity index (χ0) is 14.1. The molecule has 3 N–H and O–H groups in total. The Kier molecular flexibility index (Phi) is 3.58. The van der Waals surface area contributed by atoms with Crippen molar-refractivity contribution < 1.29 is 0 Å². The van der Waals surface area contributed by atoms with Gasteiger partial charge in [0.25, 0.3) is 0 Å². The van der Waals surface area contributed by atoms with Crippen molar-refractivity contribution in [3.8, 4) is 0 Å². The van der Waals surface area contributed by atoms with Gasteiger partial charge in [-0.15, -0.1) is 11.3 Å². The van der Waals surface area contributed by atoms with Crippen molar-refractivity contribution >= 4 is 49.2 Å². The highest BCUT2D eigenvalue weighted by atomic mass is 79.9. The number of aromatic nitrogens is 2. The van der Waals surface area contributed by atoms with E-state index in [9.17, 15) is 0 Å². The molecule has 0 spiro atoms. The van der Waals surface area contributed by atoms with Crippen molar-refractivity contribution in [2.45, 2.75) is 13.5 Å². The number of nitrogens with zero attached hydrogens (tertiary/aromatic N) is 2. The molecule has 4 nitrogen and oxygen atoms in total. The third kappa shape index (κ3) is 2.62. The summed E-state index contributed by atoms with van der Waals surface area (Å²) in [7, 11) is 0. The maximum absolute atomic E-state index is 5.77. The molecule has 0 fully saturated rings. The molecule has 0 aliphatic carbocycles. The van der Waals surface area contributed by atoms with Crippen molar-refractivity contribution in [1.29, 1.82) is 0 Å². The second-order valence-electron chi connectivity index (χ2n) is 4.45. The van der Waals surface area contributed by atoms with E-state index in [1.807, 2.05) is 18.2 Å². The van der Waals surface area contributed by atoms with Crippen LogP contribution in [0.5, 0.6) is 0 Å². The molecule has 0 radical (unpaired) electrons. The Labute approximate surface area is 129 Å². The molecule has 0 aliphatic heterocycles. The summed E-state index contributed by atoms with van der Waals surface area (Å²) in [4.78, 5) is 10.7. The Morgan fingerprint density at radius 1 is 1.30 bits per heavy atom. The van der Waals surface area contributed by atoms with Crippen molar-refractivity contribution in [3.05, 3.63) is 45.2 Å². The molecule has 1 aromatic carbocycles. The summed E-state index contributed by atoms with van der Waals surface area (Å²) in [6, 6.07) is 10.2. The molecule has 0 bridgehead atoms. The quantitative estimate of drug-likeness (QED) is 0.751. The summed E-state index contributed by atoms with van der Waals surface area (Å²) in [6.45, 7) is 2.74. The Bertz CT molecular complexity index is 769. The number of benzene rings is 1. The normalized spacial score (nSPS) is 10.9. The SMILES string of the molecule is Cc1cc2c(NCc3ccccc3Br)nc(N)nc2s1. The molecular formula is C14H13BrN4S. The first-order chi connectivity index (χ1) is 9.63. The Balaban J connectivity index is 1.93. The topological polar surface area (TPSA) is 63.8 Å². The summed E-state index contributed by atoms with van der Waals surface area (Å²) in [5, 5.41) is 4.37. The Hall–Kier alpha value is -1.66. The fourth-order valence-corrected chi connectivity index (χ4v) is 3.33. The first-order valence-electron chi connectivity index (χ1n) is 6.14. The first kappa shape index (κ1) is 13.3.